The van der Waals surface area contributed by atoms with E-state index in [1.54, 1.807) is 18.0 Å². The predicted octanol–water partition coefficient (Wildman–Crippen LogP) is 1.12. The van der Waals surface area contributed by atoms with Gasteiger partial charge in [0, 0.05) is 17.7 Å². The highest BCUT2D eigenvalue weighted by molar-refractivity contribution is 8.02. The minimum Gasteiger partial charge on any atom is -0.481 e. The number of carboxylic acids is 1. The van der Waals surface area contributed by atoms with Crippen molar-refractivity contribution in [3.63, 3.8) is 0 Å². The highest BCUT2D eigenvalue weighted by atomic mass is 32.2. The van der Waals surface area contributed by atoms with Gasteiger partial charge >= 0.3 is 5.97 Å². The van der Waals surface area contributed by atoms with E-state index >= 15 is 0 Å². The number of carbonyl (C=O) groups is 1. The molecule has 0 aromatic heterocycles. The van der Waals surface area contributed by atoms with Crippen molar-refractivity contribution < 1.29 is 9.90 Å². The third-order valence-corrected chi connectivity index (χ3v) is 1.83. The molecule has 1 heterocycles. The second-order valence-corrected chi connectivity index (χ2v) is 2.76. The number of hydrogen-bond acceptors (Lipinski definition) is 3. The fraction of sp³-hybridized carbons (Fsp3) is 0.333. The standard InChI is InChI=1S/C6H7NO2S/c8-6(9)3-5-4-10-2-1-7-5/h1-2H,3-4H2,(H,8,9). The topological polar surface area (TPSA) is 49.7 Å². The fourth-order valence-electron chi connectivity index (χ4n) is 0.632. The van der Waals surface area contributed by atoms with Crippen molar-refractivity contribution in [1.82, 2.24) is 0 Å². The number of thioether (sulfide) groups is 1. The summed E-state index contributed by atoms with van der Waals surface area (Å²) in [6, 6.07) is 0. The minimum atomic E-state index is -0.811. The molecule has 1 aliphatic heterocycles. The van der Waals surface area contributed by atoms with E-state index < -0.39 is 5.97 Å². The number of hydrogen-bond donors (Lipinski definition) is 1. The first kappa shape index (κ1) is 7.34. The van der Waals surface area contributed by atoms with Crippen LogP contribution in [0.2, 0.25) is 0 Å². The minimum absolute atomic E-state index is 0.0668. The molecule has 10 heavy (non-hydrogen) atoms. The molecule has 0 aromatic rings. The van der Waals surface area contributed by atoms with Gasteiger partial charge in [-0.15, -0.1) is 11.8 Å². The monoisotopic (exact) mass is 157 g/mol. The summed E-state index contributed by atoms with van der Waals surface area (Å²) in [5.41, 5.74) is 0.736. The van der Waals surface area contributed by atoms with Crippen molar-refractivity contribution in [3.8, 4) is 0 Å². The molecule has 0 bridgehead atoms. The normalized spacial score (nSPS) is 16.6. The highest BCUT2D eigenvalue weighted by Crippen LogP contribution is 2.10. The van der Waals surface area contributed by atoms with Crippen molar-refractivity contribution in [2.45, 2.75) is 6.42 Å². The third-order valence-electron chi connectivity index (χ3n) is 1.02. The molecule has 0 amide bonds. The van der Waals surface area contributed by atoms with Crippen molar-refractivity contribution >= 4 is 23.4 Å². The Kier molecular flexibility index (Phi) is 2.50. The molecule has 0 saturated heterocycles. The quantitative estimate of drug-likeness (QED) is 0.653. The van der Waals surface area contributed by atoms with Crippen LogP contribution in [-0.2, 0) is 4.79 Å². The first-order valence-corrected chi connectivity index (χ1v) is 3.88. The molecule has 54 valence electrons. The molecule has 0 aromatic carbocycles. The zero-order valence-corrected chi connectivity index (χ0v) is 6.10. The Morgan fingerprint density at radius 1 is 1.90 bits per heavy atom. The predicted molar refractivity (Wildman–Crippen MR) is 41.3 cm³/mol. The van der Waals surface area contributed by atoms with Crippen LogP contribution in [0.1, 0.15) is 6.42 Å². The van der Waals surface area contributed by atoms with E-state index in [4.69, 9.17) is 5.11 Å². The summed E-state index contributed by atoms with van der Waals surface area (Å²) >= 11 is 1.57. The van der Waals surface area contributed by atoms with Gasteiger partial charge in [0.05, 0.1) is 6.42 Å². The van der Waals surface area contributed by atoms with Gasteiger partial charge in [0.1, 0.15) is 0 Å². The molecule has 3 nitrogen and oxygen atoms in total. The fourth-order valence-corrected chi connectivity index (χ4v) is 1.24. The Balaban J connectivity index is 2.47. The lowest BCUT2D eigenvalue weighted by Crippen LogP contribution is -2.09. The maximum atomic E-state index is 10.2. The first-order chi connectivity index (χ1) is 4.79. The van der Waals surface area contributed by atoms with E-state index in [0.29, 0.717) is 5.75 Å². The molecule has 4 heteroatoms. The molecular weight excluding hydrogens is 150 g/mol. The van der Waals surface area contributed by atoms with E-state index in [0.717, 1.165) is 5.71 Å². The Hall–Kier alpha value is -0.770. The summed E-state index contributed by atoms with van der Waals surface area (Å²) in [5, 5.41) is 10.2. The maximum absolute atomic E-state index is 10.2. The second-order valence-electron chi connectivity index (χ2n) is 1.86. The van der Waals surface area contributed by atoms with Crippen LogP contribution in [0.25, 0.3) is 0 Å². The average Bonchev–Trinajstić information content (AvgIpc) is 1.88. The molecule has 0 radical (unpaired) electrons. The molecular formula is C6H7NO2S. The second kappa shape index (κ2) is 3.41. The number of aliphatic imine (C=N–C) groups is 1. The van der Waals surface area contributed by atoms with Gasteiger partial charge in [-0.25, -0.2) is 0 Å². The Morgan fingerprint density at radius 3 is 3.20 bits per heavy atom. The lowest BCUT2D eigenvalue weighted by molar-refractivity contribution is -0.135. The Bertz CT molecular complexity index is 198. The van der Waals surface area contributed by atoms with Crippen LogP contribution in [0.4, 0.5) is 0 Å². The van der Waals surface area contributed by atoms with Gasteiger partial charge in [0.15, 0.2) is 0 Å². The van der Waals surface area contributed by atoms with Crippen LogP contribution in [-0.4, -0.2) is 22.5 Å². The zero-order valence-electron chi connectivity index (χ0n) is 5.28. The number of nitrogens with zero attached hydrogens (tertiary/aromatic N) is 1. The summed E-state index contributed by atoms with van der Waals surface area (Å²) in [6.45, 7) is 0. The molecule has 1 aliphatic rings. The van der Waals surface area contributed by atoms with Crippen molar-refractivity contribution in [2.24, 2.45) is 4.99 Å². The number of carboxylic acid groups (broad SMARTS) is 1. The van der Waals surface area contributed by atoms with Gasteiger partial charge in [0.25, 0.3) is 0 Å². The Labute approximate surface area is 62.8 Å². The smallest absolute Gasteiger partial charge is 0.309 e. The summed E-state index contributed by atoms with van der Waals surface area (Å²) in [7, 11) is 0. The largest absolute Gasteiger partial charge is 0.481 e. The molecule has 0 fully saturated rings. The van der Waals surface area contributed by atoms with Crippen LogP contribution >= 0.6 is 11.8 Å². The van der Waals surface area contributed by atoms with E-state index in [1.807, 2.05) is 5.41 Å². The van der Waals surface area contributed by atoms with Crippen LogP contribution in [0.5, 0.6) is 0 Å². The van der Waals surface area contributed by atoms with Crippen LogP contribution < -0.4 is 0 Å². The molecule has 1 N–H and O–H groups in total. The molecule has 0 spiro atoms. The van der Waals surface area contributed by atoms with Crippen molar-refractivity contribution in [1.29, 1.82) is 0 Å². The van der Waals surface area contributed by atoms with Gasteiger partial charge in [0.2, 0.25) is 0 Å². The maximum Gasteiger partial charge on any atom is 0.309 e. The lowest BCUT2D eigenvalue weighted by atomic mass is 10.3. The van der Waals surface area contributed by atoms with E-state index in [1.165, 1.54) is 0 Å². The van der Waals surface area contributed by atoms with Gasteiger partial charge in [-0.1, -0.05) is 0 Å². The highest BCUT2D eigenvalue weighted by Gasteiger charge is 2.05. The molecule has 0 saturated carbocycles. The van der Waals surface area contributed by atoms with Crippen molar-refractivity contribution in [3.05, 3.63) is 11.6 Å². The average molecular weight is 157 g/mol. The van der Waals surface area contributed by atoms with Crippen LogP contribution in [0.15, 0.2) is 16.6 Å². The van der Waals surface area contributed by atoms with E-state index in [2.05, 4.69) is 4.99 Å². The summed E-state index contributed by atoms with van der Waals surface area (Å²) in [6.07, 6.45) is 1.70. The van der Waals surface area contributed by atoms with Crippen LogP contribution in [0, 0.1) is 0 Å². The van der Waals surface area contributed by atoms with E-state index in [9.17, 15) is 4.79 Å². The van der Waals surface area contributed by atoms with Crippen LogP contribution in [0.3, 0.4) is 0 Å². The van der Waals surface area contributed by atoms with E-state index in [-0.39, 0.29) is 6.42 Å². The first-order valence-electron chi connectivity index (χ1n) is 2.83. The summed E-state index contributed by atoms with van der Waals surface area (Å²) < 4.78 is 0. The molecule has 0 atom stereocenters. The van der Waals surface area contributed by atoms with Gasteiger partial charge in [-0.3, -0.25) is 9.79 Å². The zero-order chi connectivity index (χ0) is 7.40. The van der Waals surface area contributed by atoms with Crippen molar-refractivity contribution in [2.75, 3.05) is 5.75 Å². The number of aliphatic carboxylic acids is 1. The van der Waals surface area contributed by atoms with Gasteiger partial charge in [-0.2, -0.15) is 0 Å². The molecule has 0 unspecified atom stereocenters. The molecule has 0 aliphatic carbocycles. The van der Waals surface area contributed by atoms with Gasteiger partial charge < -0.3 is 5.11 Å². The van der Waals surface area contributed by atoms with Gasteiger partial charge in [-0.05, 0) is 5.41 Å². The lowest BCUT2D eigenvalue weighted by Gasteiger charge is -2.02. The number of rotatable bonds is 2. The summed E-state index contributed by atoms with van der Waals surface area (Å²) in [4.78, 5) is 14.1. The third kappa shape index (κ3) is 2.23. The summed E-state index contributed by atoms with van der Waals surface area (Å²) in [5.74, 6) is -0.0994. The molecule has 1 rings (SSSR count). The SMILES string of the molecule is O=C(O)CC1=NC=CSC1. The Morgan fingerprint density at radius 2 is 2.70 bits per heavy atom.